The molecular formula is C28H27ClN4OS. The second-order valence-corrected chi connectivity index (χ2v) is 9.37. The number of nitrogens with one attached hydrogen (secondary N) is 2. The Labute approximate surface area is 216 Å². The molecule has 2 aromatic heterocycles. The maximum absolute atomic E-state index is 6.45. The van der Waals surface area contributed by atoms with Gasteiger partial charge in [0.1, 0.15) is 17.6 Å². The van der Waals surface area contributed by atoms with Crippen LogP contribution in [0.4, 0.5) is 5.69 Å². The number of thiocarbonyl (C=S) groups is 1. The number of halogens is 1. The van der Waals surface area contributed by atoms with E-state index in [-0.39, 0.29) is 12.1 Å². The van der Waals surface area contributed by atoms with Crippen LogP contribution in [0.15, 0.2) is 89.5 Å². The molecule has 1 fully saturated rings. The summed E-state index contributed by atoms with van der Waals surface area (Å²) < 4.78 is 6.45. The van der Waals surface area contributed by atoms with E-state index in [1.165, 1.54) is 0 Å². The van der Waals surface area contributed by atoms with Crippen LogP contribution >= 0.6 is 23.8 Å². The van der Waals surface area contributed by atoms with Crippen LogP contribution in [0.3, 0.4) is 0 Å². The SMILES string of the molecule is Cc1c(Cl)cccc1-c1ccc([C@H]2[C@H](c3ccccn3)NC(=S)N2CCCNc2ccccc2)o1. The standard InChI is InChI=1S/C28H27ClN4OS/c1-19-21(11-7-12-22(19)29)24-14-15-25(34-24)27-26(23-13-5-6-16-31-23)32-28(35)33(27)18-8-17-30-20-9-3-2-4-10-20/h2-7,9-16,26-27,30H,8,17-18H2,1H3,(H,32,35)/t26-,27-/m0/s1. The lowest BCUT2D eigenvalue weighted by molar-refractivity contribution is 0.274. The van der Waals surface area contributed by atoms with E-state index in [2.05, 4.69) is 32.7 Å². The molecule has 5 nitrogen and oxygen atoms in total. The van der Waals surface area contributed by atoms with Gasteiger partial charge < -0.3 is 20.0 Å². The van der Waals surface area contributed by atoms with Crippen LogP contribution in [0.5, 0.6) is 0 Å². The summed E-state index contributed by atoms with van der Waals surface area (Å²) in [6.45, 7) is 3.63. The van der Waals surface area contributed by atoms with Crippen molar-refractivity contribution in [3.05, 3.63) is 107 Å². The zero-order valence-corrected chi connectivity index (χ0v) is 21.0. The molecule has 0 unspecified atom stereocenters. The minimum Gasteiger partial charge on any atom is -0.459 e. The van der Waals surface area contributed by atoms with Crippen molar-refractivity contribution in [1.29, 1.82) is 0 Å². The molecule has 2 atom stereocenters. The summed E-state index contributed by atoms with van der Waals surface area (Å²) in [6, 6.07) is 25.9. The maximum Gasteiger partial charge on any atom is 0.170 e. The van der Waals surface area contributed by atoms with Gasteiger partial charge >= 0.3 is 0 Å². The second-order valence-electron chi connectivity index (χ2n) is 8.58. The molecule has 35 heavy (non-hydrogen) atoms. The molecule has 0 amide bonds. The third kappa shape index (κ3) is 5.04. The first-order valence-corrected chi connectivity index (χ1v) is 12.5. The number of anilines is 1. The lowest BCUT2D eigenvalue weighted by Gasteiger charge is -2.26. The normalized spacial score (nSPS) is 17.4. The van der Waals surface area contributed by atoms with Gasteiger partial charge in [0, 0.05) is 35.6 Å². The lowest BCUT2D eigenvalue weighted by Crippen LogP contribution is -2.31. The smallest absolute Gasteiger partial charge is 0.170 e. The lowest BCUT2D eigenvalue weighted by atomic mass is 10.0. The molecular weight excluding hydrogens is 476 g/mol. The van der Waals surface area contributed by atoms with E-state index in [9.17, 15) is 0 Å². The van der Waals surface area contributed by atoms with E-state index in [1.807, 2.05) is 79.9 Å². The quantitative estimate of drug-likeness (QED) is 0.204. The van der Waals surface area contributed by atoms with Crippen LogP contribution < -0.4 is 10.6 Å². The Kier molecular flexibility index (Phi) is 7.02. The van der Waals surface area contributed by atoms with Crippen molar-refractivity contribution in [3.63, 3.8) is 0 Å². The Morgan fingerprint density at radius 1 is 1.03 bits per heavy atom. The van der Waals surface area contributed by atoms with E-state index in [0.717, 1.165) is 58.6 Å². The Balaban J connectivity index is 1.40. The van der Waals surface area contributed by atoms with Gasteiger partial charge in [0.05, 0.1) is 11.7 Å². The highest BCUT2D eigenvalue weighted by Gasteiger charge is 2.41. The van der Waals surface area contributed by atoms with Crippen molar-refractivity contribution < 1.29 is 4.42 Å². The third-order valence-corrected chi connectivity index (χ3v) is 7.09. The number of rotatable bonds is 8. The van der Waals surface area contributed by atoms with E-state index in [1.54, 1.807) is 0 Å². The minimum atomic E-state index is -0.109. The molecule has 0 bridgehead atoms. The van der Waals surface area contributed by atoms with Gasteiger partial charge in [-0.3, -0.25) is 4.98 Å². The maximum atomic E-state index is 6.45. The van der Waals surface area contributed by atoms with Crippen LogP contribution in [0.2, 0.25) is 5.02 Å². The van der Waals surface area contributed by atoms with Gasteiger partial charge in [-0.2, -0.15) is 0 Å². The van der Waals surface area contributed by atoms with Gasteiger partial charge in [-0.25, -0.2) is 0 Å². The van der Waals surface area contributed by atoms with Gasteiger partial charge in [0.2, 0.25) is 0 Å². The van der Waals surface area contributed by atoms with Crippen molar-refractivity contribution in [1.82, 2.24) is 15.2 Å². The summed E-state index contributed by atoms with van der Waals surface area (Å²) in [5, 5.41) is 8.41. The van der Waals surface area contributed by atoms with Crippen molar-refractivity contribution in [2.75, 3.05) is 18.4 Å². The van der Waals surface area contributed by atoms with Crippen molar-refractivity contribution >= 4 is 34.6 Å². The topological polar surface area (TPSA) is 53.3 Å². The number of para-hydroxylation sites is 1. The van der Waals surface area contributed by atoms with E-state index in [4.69, 9.17) is 28.2 Å². The van der Waals surface area contributed by atoms with Crippen LogP contribution in [0.1, 0.15) is 35.5 Å². The highest BCUT2D eigenvalue weighted by molar-refractivity contribution is 7.80. The van der Waals surface area contributed by atoms with E-state index < -0.39 is 0 Å². The molecule has 1 aliphatic heterocycles. The molecule has 178 valence electrons. The van der Waals surface area contributed by atoms with Gasteiger partial charge in [-0.05, 0) is 73.6 Å². The molecule has 0 spiro atoms. The van der Waals surface area contributed by atoms with E-state index >= 15 is 0 Å². The summed E-state index contributed by atoms with van der Waals surface area (Å²) in [7, 11) is 0. The molecule has 3 heterocycles. The number of hydrogen-bond acceptors (Lipinski definition) is 4. The molecule has 1 aliphatic rings. The monoisotopic (exact) mass is 502 g/mol. The van der Waals surface area contributed by atoms with Gasteiger partial charge in [-0.15, -0.1) is 0 Å². The van der Waals surface area contributed by atoms with Crippen molar-refractivity contribution in [3.8, 4) is 11.3 Å². The number of nitrogens with zero attached hydrogens (tertiary/aromatic N) is 2. The first-order valence-electron chi connectivity index (χ1n) is 11.7. The Morgan fingerprint density at radius 2 is 1.86 bits per heavy atom. The fraction of sp³-hybridized carbons (Fsp3) is 0.214. The summed E-state index contributed by atoms with van der Waals surface area (Å²) in [5.41, 5.74) is 4.04. The van der Waals surface area contributed by atoms with Crippen LogP contribution in [0.25, 0.3) is 11.3 Å². The first kappa shape index (κ1) is 23.4. The van der Waals surface area contributed by atoms with Crippen LogP contribution in [-0.4, -0.2) is 28.1 Å². The predicted octanol–water partition coefficient (Wildman–Crippen LogP) is 6.78. The summed E-state index contributed by atoms with van der Waals surface area (Å²) >= 11 is 12.2. The number of furan rings is 1. The molecule has 0 aliphatic carbocycles. The van der Waals surface area contributed by atoms with Crippen molar-refractivity contribution in [2.24, 2.45) is 0 Å². The Morgan fingerprint density at radius 3 is 2.66 bits per heavy atom. The minimum absolute atomic E-state index is 0.106. The number of aromatic nitrogens is 1. The molecule has 5 rings (SSSR count). The fourth-order valence-electron chi connectivity index (χ4n) is 4.52. The third-order valence-electron chi connectivity index (χ3n) is 6.33. The Hall–Kier alpha value is -3.35. The molecule has 7 heteroatoms. The first-order chi connectivity index (χ1) is 17.1. The highest BCUT2D eigenvalue weighted by atomic mass is 35.5. The number of pyridine rings is 1. The second kappa shape index (κ2) is 10.5. The molecule has 0 radical (unpaired) electrons. The zero-order chi connectivity index (χ0) is 24.2. The molecule has 2 N–H and O–H groups in total. The van der Waals surface area contributed by atoms with Crippen molar-refractivity contribution in [2.45, 2.75) is 25.4 Å². The molecule has 2 aromatic carbocycles. The summed E-state index contributed by atoms with van der Waals surface area (Å²) in [6.07, 6.45) is 2.73. The molecule has 0 saturated carbocycles. The van der Waals surface area contributed by atoms with E-state index in [0.29, 0.717) is 5.11 Å². The van der Waals surface area contributed by atoms with Crippen LogP contribution in [0, 0.1) is 6.92 Å². The molecule has 4 aromatic rings. The highest BCUT2D eigenvalue weighted by Crippen LogP contribution is 2.41. The number of hydrogen-bond donors (Lipinski definition) is 2. The number of benzene rings is 2. The molecule has 1 saturated heterocycles. The average molecular weight is 503 g/mol. The average Bonchev–Trinajstić information content (AvgIpc) is 3.49. The van der Waals surface area contributed by atoms with Crippen LogP contribution in [-0.2, 0) is 0 Å². The van der Waals surface area contributed by atoms with Gasteiger partial charge in [0.15, 0.2) is 5.11 Å². The largest absolute Gasteiger partial charge is 0.459 e. The summed E-state index contributed by atoms with van der Waals surface area (Å²) in [4.78, 5) is 6.83. The van der Waals surface area contributed by atoms with Gasteiger partial charge in [0.25, 0.3) is 0 Å². The predicted molar refractivity (Wildman–Crippen MR) is 146 cm³/mol. The summed E-state index contributed by atoms with van der Waals surface area (Å²) in [5.74, 6) is 1.64. The Bertz CT molecular complexity index is 1290. The fourth-order valence-corrected chi connectivity index (χ4v) is 5.03. The van der Waals surface area contributed by atoms with Gasteiger partial charge in [-0.1, -0.05) is 48.0 Å². The zero-order valence-electron chi connectivity index (χ0n) is 19.4.